The highest BCUT2D eigenvalue weighted by molar-refractivity contribution is 7.26. The largest absolute Gasteiger partial charge is 0.309 e. The zero-order valence-electron chi connectivity index (χ0n) is 21.9. The molecule has 41 heavy (non-hydrogen) atoms. The molecule has 190 valence electrons. The van der Waals surface area contributed by atoms with E-state index < -0.39 is 0 Å². The highest BCUT2D eigenvalue weighted by Crippen LogP contribution is 2.43. The Morgan fingerprint density at radius 3 is 1.95 bits per heavy atom. The maximum atomic E-state index is 9.57. The van der Waals surface area contributed by atoms with Crippen LogP contribution in [0.5, 0.6) is 0 Å². The van der Waals surface area contributed by atoms with Gasteiger partial charge in [-0.2, -0.15) is 5.26 Å². The van der Waals surface area contributed by atoms with Gasteiger partial charge in [0.15, 0.2) is 0 Å². The highest BCUT2D eigenvalue weighted by Gasteiger charge is 2.19. The van der Waals surface area contributed by atoms with Gasteiger partial charge in [-0.25, -0.2) is 0 Å². The van der Waals surface area contributed by atoms with Crippen molar-refractivity contribution in [1.82, 2.24) is 9.13 Å². The van der Waals surface area contributed by atoms with Gasteiger partial charge in [0.05, 0.1) is 33.7 Å². The van der Waals surface area contributed by atoms with Crippen LogP contribution in [0.1, 0.15) is 5.56 Å². The molecule has 0 aliphatic rings. The van der Waals surface area contributed by atoms with E-state index in [1.54, 1.807) is 0 Å². The van der Waals surface area contributed by atoms with Crippen molar-refractivity contribution in [2.24, 2.45) is 0 Å². The van der Waals surface area contributed by atoms with E-state index in [4.69, 9.17) is 0 Å². The van der Waals surface area contributed by atoms with Crippen molar-refractivity contribution >= 4 is 75.1 Å². The van der Waals surface area contributed by atoms with Crippen LogP contribution in [-0.4, -0.2) is 9.13 Å². The van der Waals surface area contributed by atoms with Gasteiger partial charge in [0.2, 0.25) is 0 Å². The van der Waals surface area contributed by atoms with Gasteiger partial charge in [0.1, 0.15) is 0 Å². The van der Waals surface area contributed by atoms with E-state index >= 15 is 0 Å². The van der Waals surface area contributed by atoms with Gasteiger partial charge in [-0.1, -0.05) is 66.7 Å². The Morgan fingerprint density at radius 2 is 1.15 bits per heavy atom. The minimum atomic E-state index is 0.673. The van der Waals surface area contributed by atoms with E-state index in [2.05, 4.69) is 130 Å². The lowest BCUT2D eigenvalue weighted by Gasteiger charge is -2.13. The van der Waals surface area contributed by atoms with Gasteiger partial charge < -0.3 is 9.13 Å². The van der Waals surface area contributed by atoms with Gasteiger partial charge in [-0.3, -0.25) is 0 Å². The van der Waals surface area contributed by atoms with Gasteiger partial charge in [-0.15, -0.1) is 11.3 Å². The fourth-order valence-corrected chi connectivity index (χ4v) is 7.73. The first kappa shape index (κ1) is 22.4. The summed E-state index contributed by atoms with van der Waals surface area (Å²) in [6, 6.07) is 47.6. The Morgan fingerprint density at radius 1 is 0.488 bits per heavy atom. The summed E-state index contributed by atoms with van der Waals surface area (Å²) in [4.78, 5) is 0. The molecule has 4 heteroatoms. The number of aromatic nitrogens is 2. The standard InChI is InChI=1S/C37H21N3S/c38-22-23-16-18-33-30(20-23)27-11-2-4-13-31(27)39(33)24-8-7-9-25(21-24)40-32-14-5-1-10-26(32)28-17-19-35-36(37(28)40)29-12-3-6-15-34(29)41-35/h1-21H. The number of rotatable bonds is 2. The summed E-state index contributed by atoms with van der Waals surface area (Å²) in [5.41, 5.74) is 7.55. The van der Waals surface area contributed by atoms with Crippen LogP contribution in [-0.2, 0) is 0 Å². The van der Waals surface area contributed by atoms with Crippen LogP contribution in [0.15, 0.2) is 127 Å². The first-order valence-corrected chi connectivity index (χ1v) is 14.5. The van der Waals surface area contributed by atoms with Crippen molar-refractivity contribution in [3.05, 3.63) is 133 Å². The molecule has 0 amide bonds. The maximum absolute atomic E-state index is 9.57. The molecular formula is C37H21N3S. The summed E-state index contributed by atoms with van der Waals surface area (Å²) < 4.78 is 7.37. The molecule has 3 heterocycles. The third kappa shape index (κ3) is 3.07. The number of hydrogen-bond acceptors (Lipinski definition) is 2. The minimum Gasteiger partial charge on any atom is -0.309 e. The maximum Gasteiger partial charge on any atom is 0.0991 e. The Balaban J connectivity index is 1.40. The lowest BCUT2D eigenvalue weighted by molar-refractivity contribution is 1.14. The number of thiophene rings is 1. The van der Waals surface area contributed by atoms with Crippen LogP contribution in [0.3, 0.4) is 0 Å². The Bertz CT molecular complexity index is 2550. The summed E-state index contributed by atoms with van der Waals surface area (Å²) in [6.45, 7) is 0. The summed E-state index contributed by atoms with van der Waals surface area (Å²) in [6.07, 6.45) is 0. The Kier molecular flexibility index (Phi) is 4.55. The van der Waals surface area contributed by atoms with Crippen molar-refractivity contribution in [3.8, 4) is 17.4 Å². The van der Waals surface area contributed by atoms with Crippen molar-refractivity contribution in [2.75, 3.05) is 0 Å². The molecule has 9 rings (SSSR count). The normalized spacial score (nSPS) is 11.9. The smallest absolute Gasteiger partial charge is 0.0991 e. The molecule has 0 spiro atoms. The molecule has 0 N–H and O–H groups in total. The average molecular weight is 540 g/mol. The number of fused-ring (bicyclic) bond motifs is 10. The van der Waals surface area contributed by atoms with Gasteiger partial charge >= 0.3 is 0 Å². The third-order valence-corrected chi connectivity index (χ3v) is 9.46. The van der Waals surface area contributed by atoms with E-state index in [9.17, 15) is 5.26 Å². The zero-order chi connectivity index (χ0) is 27.1. The van der Waals surface area contributed by atoms with Crippen molar-refractivity contribution < 1.29 is 0 Å². The fourth-order valence-electron chi connectivity index (χ4n) is 6.63. The van der Waals surface area contributed by atoms with Crippen molar-refractivity contribution in [1.29, 1.82) is 5.26 Å². The second-order valence-electron chi connectivity index (χ2n) is 10.5. The van der Waals surface area contributed by atoms with E-state index in [-0.39, 0.29) is 0 Å². The van der Waals surface area contributed by atoms with Crippen LogP contribution in [0.4, 0.5) is 0 Å². The first-order valence-electron chi connectivity index (χ1n) is 13.7. The Hall–Kier alpha value is -5.37. The summed E-state index contributed by atoms with van der Waals surface area (Å²) in [5, 5.41) is 16.9. The summed E-state index contributed by atoms with van der Waals surface area (Å²) in [5.74, 6) is 0. The molecule has 9 aromatic rings. The van der Waals surface area contributed by atoms with E-state index in [0.717, 1.165) is 33.2 Å². The van der Waals surface area contributed by atoms with Gasteiger partial charge in [-0.05, 0) is 60.7 Å². The number of nitrogens with zero attached hydrogens (tertiary/aromatic N) is 3. The number of hydrogen-bond donors (Lipinski definition) is 0. The van der Waals surface area contributed by atoms with E-state index in [0.29, 0.717) is 5.56 Å². The zero-order valence-corrected chi connectivity index (χ0v) is 22.7. The van der Waals surface area contributed by atoms with Crippen LogP contribution in [0, 0.1) is 11.3 Å². The predicted molar refractivity (Wildman–Crippen MR) is 173 cm³/mol. The molecule has 0 aliphatic carbocycles. The topological polar surface area (TPSA) is 33.6 Å². The van der Waals surface area contributed by atoms with Crippen LogP contribution < -0.4 is 0 Å². The fraction of sp³-hybridized carbons (Fsp3) is 0. The number of nitriles is 1. The molecule has 0 saturated carbocycles. The number of benzene rings is 6. The van der Waals surface area contributed by atoms with Crippen LogP contribution >= 0.6 is 11.3 Å². The molecule has 0 saturated heterocycles. The lowest BCUT2D eigenvalue weighted by Crippen LogP contribution is -1.98. The first-order chi connectivity index (χ1) is 20.3. The summed E-state index contributed by atoms with van der Waals surface area (Å²) >= 11 is 1.86. The van der Waals surface area contributed by atoms with E-state index in [1.165, 1.54) is 42.0 Å². The molecule has 0 fully saturated rings. The second-order valence-corrected chi connectivity index (χ2v) is 11.6. The second kappa shape index (κ2) is 8.32. The highest BCUT2D eigenvalue weighted by atomic mass is 32.1. The molecule has 3 nitrogen and oxygen atoms in total. The summed E-state index contributed by atoms with van der Waals surface area (Å²) in [7, 11) is 0. The van der Waals surface area contributed by atoms with Gasteiger partial charge in [0.25, 0.3) is 0 Å². The van der Waals surface area contributed by atoms with Crippen molar-refractivity contribution in [2.45, 2.75) is 0 Å². The quantitative estimate of drug-likeness (QED) is 0.215. The average Bonchev–Trinajstić information content (AvgIpc) is 3.68. The van der Waals surface area contributed by atoms with Crippen molar-refractivity contribution in [3.63, 3.8) is 0 Å². The van der Waals surface area contributed by atoms with Crippen LogP contribution in [0.2, 0.25) is 0 Å². The molecular weight excluding hydrogens is 518 g/mol. The SMILES string of the molecule is N#Cc1ccc2c(c1)c1ccccc1n2-c1cccc(-n2c3ccccc3c3ccc4sc5ccccc5c4c32)c1. The molecule has 0 unspecified atom stereocenters. The van der Waals surface area contributed by atoms with Gasteiger partial charge in [0, 0.05) is 53.1 Å². The Labute approximate surface area is 239 Å². The number of para-hydroxylation sites is 2. The third-order valence-electron chi connectivity index (χ3n) is 8.32. The lowest BCUT2D eigenvalue weighted by atomic mass is 10.1. The molecule has 0 aliphatic heterocycles. The predicted octanol–water partition coefficient (Wildman–Crippen LogP) is 10.1. The monoisotopic (exact) mass is 539 g/mol. The minimum absolute atomic E-state index is 0.673. The molecule has 6 aromatic carbocycles. The molecule has 0 atom stereocenters. The molecule has 0 bridgehead atoms. The van der Waals surface area contributed by atoms with Crippen LogP contribution in [0.25, 0.3) is 75.2 Å². The van der Waals surface area contributed by atoms with E-state index in [1.807, 2.05) is 23.5 Å². The molecule has 0 radical (unpaired) electrons. The molecule has 3 aromatic heterocycles.